The third kappa shape index (κ3) is 5.52. The number of carbonyl (C=O) groups is 1. The molecule has 0 bridgehead atoms. The first-order chi connectivity index (χ1) is 15.6. The predicted molar refractivity (Wildman–Crippen MR) is 128 cm³/mol. The number of nitrogens with zero attached hydrogens (tertiary/aromatic N) is 1. The molecule has 1 aromatic heterocycles. The number of amides is 1. The number of carbonyl (C=O) groups excluding carboxylic acids is 1. The minimum atomic E-state index is -0.129. The molecular weight excluding hydrogens is 446 g/mol. The van der Waals surface area contributed by atoms with Crippen molar-refractivity contribution in [2.75, 3.05) is 20.3 Å². The molecule has 164 valence electrons. The number of methoxy groups -OCH3 is 1. The van der Waals surface area contributed by atoms with Crippen LogP contribution in [0, 0.1) is 0 Å². The highest BCUT2D eigenvalue weighted by Gasteiger charge is 2.32. The van der Waals surface area contributed by atoms with E-state index in [9.17, 15) is 4.79 Å². The van der Waals surface area contributed by atoms with Gasteiger partial charge in [0.25, 0.3) is 5.91 Å². The molecule has 0 spiro atoms. The van der Waals surface area contributed by atoms with Crippen LogP contribution >= 0.6 is 24.0 Å². The molecule has 0 unspecified atom stereocenters. The van der Waals surface area contributed by atoms with Gasteiger partial charge in [-0.3, -0.25) is 9.69 Å². The van der Waals surface area contributed by atoms with Gasteiger partial charge >= 0.3 is 0 Å². The maximum absolute atomic E-state index is 12.8. The number of thiocarbonyl (C=S) groups is 1. The lowest BCUT2D eigenvalue weighted by Crippen LogP contribution is -2.27. The normalized spacial score (nSPS) is 14.8. The number of hydrogen-bond acceptors (Lipinski definition) is 7. The van der Waals surface area contributed by atoms with Crippen molar-refractivity contribution in [1.82, 2.24) is 4.90 Å². The van der Waals surface area contributed by atoms with Gasteiger partial charge in [0.2, 0.25) is 0 Å². The zero-order chi connectivity index (χ0) is 22.3. The topological polar surface area (TPSA) is 61.1 Å². The fourth-order valence-corrected chi connectivity index (χ4v) is 4.29. The van der Waals surface area contributed by atoms with Gasteiger partial charge in [-0.1, -0.05) is 36.1 Å². The highest BCUT2D eigenvalue weighted by atomic mass is 32.2. The van der Waals surface area contributed by atoms with E-state index in [-0.39, 0.29) is 5.91 Å². The Morgan fingerprint density at radius 1 is 1.00 bits per heavy atom. The first-order valence-electron chi connectivity index (χ1n) is 9.90. The van der Waals surface area contributed by atoms with Crippen LogP contribution in [-0.2, 0) is 11.3 Å². The van der Waals surface area contributed by atoms with Crippen molar-refractivity contribution in [3.05, 3.63) is 83.2 Å². The predicted octanol–water partition coefficient (Wildman–Crippen LogP) is 5.15. The van der Waals surface area contributed by atoms with E-state index in [1.165, 1.54) is 11.8 Å². The van der Waals surface area contributed by atoms with E-state index in [1.807, 2.05) is 60.7 Å². The van der Waals surface area contributed by atoms with Crippen LogP contribution in [0.15, 0.2) is 76.2 Å². The second-order valence-electron chi connectivity index (χ2n) is 6.79. The number of rotatable bonds is 9. The Balaban J connectivity index is 1.32. The number of thioether (sulfide) groups is 1. The van der Waals surface area contributed by atoms with Crippen LogP contribution in [0.25, 0.3) is 6.08 Å². The molecule has 1 amide bonds. The fourth-order valence-electron chi connectivity index (χ4n) is 3.03. The first kappa shape index (κ1) is 22.0. The summed E-state index contributed by atoms with van der Waals surface area (Å²) in [4.78, 5) is 14.9. The molecule has 32 heavy (non-hydrogen) atoms. The Morgan fingerprint density at radius 2 is 1.75 bits per heavy atom. The maximum atomic E-state index is 12.8. The average Bonchev–Trinajstić information content (AvgIpc) is 3.42. The highest BCUT2D eigenvalue weighted by molar-refractivity contribution is 8.26. The van der Waals surface area contributed by atoms with Gasteiger partial charge in [-0.25, -0.2) is 0 Å². The van der Waals surface area contributed by atoms with Crippen LogP contribution < -0.4 is 14.2 Å². The Morgan fingerprint density at radius 3 is 2.47 bits per heavy atom. The summed E-state index contributed by atoms with van der Waals surface area (Å²) in [5.74, 6) is 2.79. The molecule has 0 radical (unpaired) electrons. The number of ether oxygens (including phenoxy) is 3. The SMILES string of the molecule is COc1ccc(OCCOc2cccc(C=C3SC(=S)N(Cc4ccco4)C3=O)c2)cc1. The second-order valence-corrected chi connectivity index (χ2v) is 8.47. The van der Waals surface area contributed by atoms with Gasteiger partial charge in [0.15, 0.2) is 0 Å². The third-order valence-electron chi connectivity index (χ3n) is 4.60. The van der Waals surface area contributed by atoms with Crippen molar-refractivity contribution in [2.45, 2.75) is 6.54 Å². The van der Waals surface area contributed by atoms with E-state index in [0.29, 0.717) is 40.5 Å². The average molecular weight is 468 g/mol. The summed E-state index contributed by atoms with van der Waals surface area (Å²) in [5, 5.41) is 0. The van der Waals surface area contributed by atoms with Crippen molar-refractivity contribution in [1.29, 1.82) is 0 Å². The molecule has 8 heteroatoms. The van der Waals surface area contributed by atoms with Crippen LogP contribution in [0.4, 0.5) is 0 Å². The summed E-state index contributed by atoms with van der Waals surface area (Å²) >= 11 is 6.66. The minimum Gasteiger partial charge on any atom is -0.497 e. The molecule has 6 nitrogen and oxygen atoms in total. The van der Waals surface area contributed by atoms with Crippen molar-refractivity contribution in [3.63, 3.8) is 0 Å². The monoisotopic (exact) mass is 467 g/mol. The molecule has 1 aliphatic rings. The third-order valence-corrected chi connectivity index (χ3v) is 5.98. The zero-order valence-corrected chi connectivity index (χ0v) is 19.0. The quantitative estimate of drug-likeness (QED) is 0.245. The summed E-state index contributed by atoms with van der Waals surface area (Å²) in [5.41, 5.74) is 0.858. The van der Waals surface area contributed by atoms with Gasteiger partial charge in [0.1, 0.15) is 40.5 Å². The van der Waals surface area contributed by atoms with Crippen LogP contribution in [0.2, 0.25) is 0 Å². The molecule has 1 fully saturated rings. The highest BCUT2D eigenvalue weighted by Crippen LogP contribution is 2.34. The van der Waals surface area contributed by atoms with E-state index in [2.05, 4.69) is 0 Å². The van der Waals surface area contributed by atoms with Gasteiger partial charge < -0.3 is 18.6 Å². The summed E-state index contributed by atoms with van der Waals surface area (Å²) in [6, 6.07) is 18.5. The molecule has 0 atom stereocenters. The summed E-state index contributed by atoms with van der Waals surface area (Å²) in [6.45, 7) is 1.12. The van der Waals surface area contributed by atoms with Crippen LogP contribution in [-0.4, -0.2) is 35.5 Å². The van der Waals surface area contributed by atoms with E-state index in [0.717, 1.165) is 17.1 Å². The van der Waals surface area contributed by atoms with Crippen LogP contribution in [0.3, 0.4) is 0 Å². The van der Waals surface area contributed by atoms with Crippen LogP contribution in [0.5, 0.6) is 17.2 Å². The summed E-state index contributed by atoms with van der Waals surface area (Å²) in [6.07, 6.45) is 3.40. The van der Waals surface area contributed by atoms with Crippen LogP contribution in [0.1, 0.15) is 11.3 Å². The molecule has 4 rings (SSSR count). The van der Waals surface area contributed by atoms with E-state index < -0.39 is 0 Å². The van der Waals surface area contributed by atoms with E-state index in [1.54, 1.807) is 24.3 Å². The molecule has 2 heterocycles. The summed E-state index contributed by atoms with van der Waals surface area (Å²) < 4.78 is 22.5. The van der Waals surface area contributed by atoms with Crippen molar-refractivity contribution >= 4 is 40.3 Å². The Bertz CT molecular complexity index is 1110. The number of furan rings is 1. The van der Waals surface area contributed by atoms with Gasteiger partial charge in [0.05, 0.1) is 24.8 Å². The standard InChI is InChI=1S/C24H21NO5S2/c1-27-18-7-9-19(10-8-18)29-12-13-30-20-5-2-4-17(14-20)15-22-23(26)25(24(31)32-22)16-21-6-3-11-28-21/h2-11,14-15H,12-13,16H2,1H3. The van der Waals surface area contributed by atoms with E-state index in [4.69, 9.17) is 30.8 Å². The lowest BCUT2D eigenvalue weighted by Gasteiger charge is -2.12. The first-order valence-corrected chi connectivity index (χ1v) is 11.1. The molecule has 0 saturated carbocycles. The minimum absolute atomic E-state index is 0.129. The zero-order valence-electron chi connectivity index (χ0n) is 17.4. The lowest BCUT2D eigenvalue weighted by molar-refractivity contribution is -0.122. The largest absolute Gasteiger partial charge is 0.497 e. The summed E-state index contributed by atoms with van der Waals surface area (Å²) in [7, 11) is 1.63. The second kappa shape index (κ2) is 10.4. The molecule has 1 saturated heterocycles. The molecule has 0 aliphatic carbocycles. The van der Waals surface area contributed by atoms with Crippen molar-refractivity contribution in [2.24, 2.45) is 0 Å². The smallest absolute Gasteiger partial charge is 0.266 e. The molecular formula is C24H21NO5S2. The molecule has 3 aromatic rings. The lowest BCUT2D eigenvalue weighted by atomic mass is 10.2. The Hall–Kier alpha value is -3.23. The van der Waals surface area contributed by atoms with E-state index >= 15 is 0 Å². The van der Waals surface area contributed by atoms with Crippen molar-refractivity contribution < 1.29 is 23.4 Å². The maximum Gasteiger partial charge on any atom is 0.266 e. The van der Waals surface area contributed by atoms with Gasteiger partial charge in [-0.05, 0) is 60.2 Å². The molecule has 2 aromatic carbocycles. The van der Waals surface area contributed by atoms with Crippen molar-refractivity contribution in [3.8, 4) is 17.2 Å². The molecule has 1 aliphatic heterocycles. The Labute approximate surface area is 195 Å². The van der Waals surface area contributed by atoms with Gasteiger partial charge in [-0.15, -0.1) is 0 Å². The number of benzene rings is 2. The van der Waals surface area contributed by atoms with Gasteiger partial charge in [-0.2, -0.15) is 0 Å². The fraction of sp³-hybridized carbons (Fsp3) is 0.167. The number of hydrogen-bond donors (Lipinski definition) is 0. The Kier molecular flexibility index (Phi) is 7.14. The van der Waals surface area contributed by atoms with Gasteiger partial charge in [0, 0.05) is 0 Å². The molecule has 0 N–H and O–H groups in total.